The number of aryl methyl sites for hydroxylation is 1. The molecule has 0 radical (unpaired) electrons. The van der Waals surface area contributed by atoms with E-state index in [0.29, 0.717) is 13.0 Å². The molecular weight excluding hydrogens is 180 g/mol. The number of aromatic nitrogens is 2. The van der Waals surface area contributed by atoms with E-state index in [1.165, 1.54) is 0 Å². The van der Waals surface area contributed by atoms with Gasteiger partial charge in [-0.15, -0.1) is 0 Å². The van der Waals surface area contributed by atoms with Crippen molar-refractivity contribution in [3.05, 3.63) is 18.2 Å². The van der Waals surface area contributed by atoms with Crippen molar-refractivity contribution in [2.24, 2.45) is 0 Å². The van der Waals surface area contributed by atoms with Crippen LogP contribution in [-0.2, 0) is 16.0 Å². The zero-order valence-electron chi connectivity index (χ0n) is 8.45. The average molecular weight is 196 g/mol. The van der Waals surface area contributed by atoms with Gasteiger partial charge in [-0.1, -0.05) is 0 Å². The molecule has 14 heavy (non-hydrogen) atoms. The summed E-state index contributed by atoms with van der Waals surface area (Å²) in [6.45, 7) is 2.29. The van der Waals surface area contributed by atoms with Crippen molar-refractivity contribution in [3.63, 3.8) is 0 Å². The van der Waals surface area contributed by atoms with Crippen molar-refractivity contribution in [3.8, 4) is 0 Å². The minimum absolute atomic E-state index is 0.105. The maximum atomic E-state index is 11.0. The van der Waals surface area contributed by atoms with Gasteiger partial charge in [0.2, 0.25) is 0 Å². The summed E-state index contributed by atoms with van der Waals surface area (Å²) in [6.07, 6.45) is 6.77. The van der Waals surface area contributed by atoms with Crippen LogP contribution in [-0.4, -0.2) is 22.5 Å². The number of esters is 1. The number of rotatable bonds is 6. The first kappa shape index (κ1) is 10.8. The Morgan fingerprint density at radius 3 is 3.07 bits per heavy atom. The zero-order valence-corrected chi connectivity index (χ0v) is 8.45. The number of unbranched alkanes of at least 4 members (excludes halogenated alkanes) is 1. The summed E-state index contributed by atoms with van der Waals surface area (Å²) in [5, 5.41) is 0. The molecule has 0 saturated heterocycles. The van der Waals surface area contributed by atoms with Crippen molar-refractivity contribution < 1.29 is 9.53 Å². The predicted octanol–water partition coefficient (Wildman–Crippen LogP) is 1.69. The predicted molar refractivity (Wildman–Crippen MR) is 52.8 cm³/mol. The van der Waals surface area contributed by atoms with Crippen LogP contribution in [0.5, 0.6) is 0 Å². The Kier molecular flexibility index (Phi) is 4.75. The number of nitrogens with zero attached hydrogens (tertiary/aromatic N) is 1. The van der Waals surface area contributed by atoms with Gasteiger partial charge in [-0.2, -0.15) is 0 Å². The number of carbonyl (C=O) groups is 1. The molecule has 1 aromatic heterocycles. The second-order valence-corrected chi connectivity index (χ2v) is 3.05. The quantitative estimate of drug-likeness (QED) is 0.556. The molecule has 0 amide bonds. The Hall–Kier alpha value is -1.32. The van der Waals surface area contributed by atoms with E-state index in [9.17, 15) is 4.79 Å². The Bertz CT molecular complexity index is 257. The molecule has 78 valence electrons. The molecule has 1 heterocycles. The summed E-state index contributed by atoms with van der Waals surface area (Å²) in [4.78, 5) is 18.1. The van der Waals surface area contributed by atoms with Gasteiger partial charge in [0, 0.05) is 25.2 Å². The molecule has 0 aliphatic carbocycles. The second kappa shape index (κ2) is 6.18. The van der Waals surface area contributed by atoms with Gasteiger partial charge in [-0.3, -0.25) is 4.79 Å². The van der Waals surface area contributed by atoms with Crippen molar-refractivity contribution in [1.82, 2.24) is 9.97 Å². The van der Waals surface area contributed by atoms with Gasteiger partial charge in [0.15, 0.2) is 0 Å². The first-order valence-corrected chi connectivity index (χ1v) is 4.96. The van der Waals surface area contributed by atoms with Gasteiger partial charge in [0.1, 0.15) is 5.82 Å². The topological polar surface area (TPSA) is 55.0 Å². The summed E-state index contributed by atoms with van der Waals surface area (Å²) in [5.41, 5.74) is 0. The van der Waals surface area contributed by atoms with E-state index in [1.807, 2.05) is 6.92 Å². The normalized spacial score (nSPS) is 10.1. The Labute approximate surface area is 83.7 Å². The largest absolute Gasteiger partial charge is 0.466 e. The highest BCUT2D eigenvalue weighted by atomic mass is 16.5. The van der Waals surface area contributed by atoms with E-state index in [-0.39, 0.29) is 5.97 Å². The van der Waals surface area contributed by atoms with Crippen molar-refractivity contribution >= 4 is 5.97 Å². The van der Waals surface area contributed by atoms with Gasteiger partial charge >= 0.3 is 5.97 Å². The first-order valence-electron chi connectivity index (χ1n) is 4.96. The van der Waals surface area contributed by atoms with Crippen LogP contribution in [0.1, 0.15) is 32.0 Å². The lowest BCUT2D eigenvalue weighted by Crippen LogP contribution is -2.03. The summed E-state index contributed by atoms with van der Waals surface area (Å²) >= 11 is 0. The monoisotopic (exact) mass is 196 g/mol. The molecule has 1 N–H and O–H groups in total. The molecule has 0 aliphatic heterocycles. The van der Waals surface area contributed by atoms with Crippen LogP contribution in [0.15, 0.2) is 12.4 Å². The van der Waals surface area contributed by atoms with E-state index in [4.69, 9.17) is 4.74 Å². The fourth-order valence-electron chi connectivity index (χ4n) is 1.23. The minimum atomic E-state index is -0.105. The molecule has 0 spiro atoms. The summed E-state index contributed by atoms with van der Waals surface area (Å²) in [5.74, 6) is 0.876. The number of hydrogen-bond acceptors (Lipinski definition) is 3. The summed E-state index contributed by atoms with van der Waals surface area (Å²) in [6, 6.07) is 0. The molecule has 1 rings (SSSR count). The highest BCUT2D eigenvalue weighted by molar-refractivity contribution is 5.69. The molecule has 0 aliphatic rings. The number of H-pyrrole nitrogens is 1. The number of carbonyl (C=O) groups excluding carboxylic acids is 1. The van der Waals surface area contributed by atoms with Crippen LogP contribution in [0.4, 0.5) is 0 Å². The maximum Gasteiger partial charge on any atom is 0.305 e. The van der Waals surface area contributed by atoms with Crippen molar-refractivity contribution in [2.45, 2.75) is 32.6 Å². The highest BCUT2D eigenvalue weighted by Gasteiger charge is 2.01. The second-order valence-electron chi connectivity index (χ2n) is 3.05. The molecule has 4 nitrogen and oxygen atoms in total. The van der Waals surface area contributed by atoms with E-state index in [0.717, 1.165) is 25.1 Å². The van der Waals surface area contributed by atoms with E-state index < -0.39 is 0 Å². The van der Waals surface area contributed by atoms with Crippen molar-refractivity contribution in [2.75, 3.05) is 6.61 Å². The highest BCUT2D eigenvalue weighted by Crippen LogP contribution is 2.02. The van der Waals surface area contributed by atoms with Gasteiger partial charge < -0.3 is 9.72 Å². The number of aromatic amines is 1. The van der Waals surface area contributed by atoms with Crippen LogP contribution in [0, 0.1) is 0 Å². The lowest BCUT2D eigenvalue weighted by atomic mass is 10.2. The van der Waals surface area contributed by atoms with Crippen LogP contribution in [0.25, 0.3) is 0 Å². The number of imidazole rings is 1. The maximum absolute atomic E-state index is 11.0. The van der Waals surface area contributed by atoms with Crippen LogP contribution in [0.2, 0.25) is 0 Å². The van der Waals surface area contributed by atoms with Gasteiger partial charge in [0.05, 0.1) is 6.61 Å². The van der Waals surface area contributed by atoms with Gasteiger partial charge in [-0.25, -0.2) is 4.98 Å². The van der Waals surface area contributed by atoms with Crippen LogP contribution < -0.4 is 0 Å². The number of nitrogens with one attached hydrogen (secondary N) is 1. The standard InChI is InChI=1S/C10H16N2O2/c1-2-14-10(13)6-4-3-5-9-11-7-8-12-9/h7-8H,2-6H2,1H3,(H,11,12). The Balaban J connectivity index is 2.02. The lowest BCUT2D eigenvalue weighted by Gasteiger charge is -2.00. The molecule has 0 fully saturated rings. The molecular formula is C10H16N2O2. The number of ether oxygens (including phenoxy) is 1. The zero-order chi connectivity index (χ0) is 10.2. The fourth-order valence-corrected chi connectivity index (χ4v) is 1.23. The smallest absolute Gasteiger partial charge is 0.305 e. The van der Waals surface area contributed by atoms with E-state index >= 15 is 0 Å². The third-order valence-electron chi connectivity index (χ3n) is 1.90. The first-order chi connectivity index (χ1) is 6.83. The molecule has 0 bridgehead atoms. The van der Waals surface area contributed by atoms with E-state index in [1.54, 1.807) is 12.4 Å². The third kappa shape index (κ3) is 4.07. The molecule has 4 heteroatoms. The molecule has 0 atom stereocenters. The van der Waals surface area contributed by atoms with E-state index in [2.05, 4.69) is 9.97 Å². The van der Waals surface area contributed by atoms with Gasteiger partial charge in [0.25, 0.3) is 0 Å². The molecule has 0 unspecified atom stereocenters. The Morgan fingerprint density at radius 1 is 1.57 bits per heavy atom. The Morgan fingerprint density at radius 2 is 2.43 bits per heavy atom. The molecule has 0 saturated carbocycles. The lowest BCUT2D eigenvalue weighted by molar-refractivity contribution is -0.143. The third-order valence-corrected chi connectivity index (χ3v) is 1.90. The minimum Gasteiger partial charge on any atom is -0.466 e. The van der Waals surface area contributed by atoms with Crippen molar-refractivity contribution in [1.29, 1.82) is 0 Å². The van der Waals surface area contributed by atoms with Crippen LogP contribution >= 0.6 is 0 Å². The van der Waals surface area contributed by atoms with Gasteiger partial charge in [-0.05, 0) is 19.8 Å². The van der Waals surface area contributed by atoms with Crippen LogP contribution in [0.3, 0.4) is 0 Å². The SMILES string of the molecule is CCOC(=O)CCCCc1ncc[nH]1. The summed E-state index contributed by atoms with van der Waals surface area (Å²) in [7, 11) is 0. The number of hydrogen-bond donors (Lipinski definition) is 1. The average Bonchev–Trinajstić information content (AvgIpc) is 2.65. The molecule has 1 aromatic rings. The fraction of sp³-hybridized carbons (Fsp3) is 0.600. The molecule has 0 aromatic carbocycles. The summed E-state index contributed by atoms with van der Waals surface area (Å²) < 4.78 is 4.82.